The predicted octanol–water partition coefficient (Wildman–Crippen LogP) is 4.79. The summed E-state index contributed by atoms with van der Waals surface area (Å²) >= 11 is 0. The lowest BCUT2D eigenvalue weighted by molar-refractivity contribution is 0.459. The Hall–Kier alpha value is -3.55. The minimum atomic E-state index is -0.0796. The number of aromatic amines is 2. The summed E-state index contributed by atoms with van der Waals surface area (Å²) < 4.78 is 1.84. The average Bonchev–Trinajstić information content (AvgIpc) is 3.48. The Morgan fingerprint density at radius 2 is 1.85 bits per heavy atom. The van der Waals surface area contributed by atoms with Crippen LogP contribution in [-0.2, 0) is 6.54 Å². The quantitative estimate of drug-likeness (QED) is 0.365. The Bertz CT molecular complexity index is 1210. The number of pyridine rings is 1. The molecule has 1 aromatic carbocycles. The zero-order valence-electron chi connectivity index (χ0n) is 19.5. The summed E-state index contributed by atoms with van der Waals surface area (Å²) in [5.41, 5.74) is 4.67. The maximum atomic E-state index is 12.6. The molecule has 4 aromatic rings. The van der Waals surface area contributed by atoms with E-state index >= 15 is 0 Å². The van der Waals surface area contributed by atoms with Gasteiger partial charge in [-0.3, -0.25) is 9.55 Å². The molecule has 2 N–H and O–H groups in total. The summed E-state index contributed by atoms with van der Waals surface area (Å²) in [6.07, 6.45) is 8.13. The Morgan fingerprint density at radius 1 is 1.03 bits per heavy atom. The number of rotatable bonds is 10. The van der Waals surface area contributed by atoms with Crippen molar-refractivity contribution >= 4 is 0 Å². The van der Waals surface area contributed by atoms with Crippen molar-refractivity contribution < 1.29 is 0 Å². The molecule has 0 saturated heterocycles. The van der Waals surface area contributed by atoms with Crippen molar-refractivity contribution in [3.63, 3.8) is 0 Å². The number of tetrazole rings is 1. The highest BCUT2D eigenvalue weighted by atomic mass is 16.1. The van der Waals surface area contributed by atoms with Crippen molar-refractivity contribution in [3.05, 3.63) is 70.7 Å². The first-order valence-electron chi connectivity index (χ1n) is 11.6. The lowest BCUT2D eigenvalue weighted by Gasteiger charge is -2.19. The second-order valence-electron chi connectivity index (χ2n) is 8.88. The molecular weight excluding hydrogens is 414 g/mol. The molecule has 33 heavy (non-hydrogen) atoms. The van der Waals surface area contributed by atoms with Crippen LogP contribution in [0.3, 0.4) is 0 Å². The number of aromatic nitrogens is 7. The molecule has 0 aliphatic heterocycles. The SMILES string of the molecule is CCCC(CCC(C)C)c1c[nH]c(=O)n1Cc1ccc(-c2ccccc2-c2nn[nH]n2)cn1. The fourth-order valence-electron chi connectivity index (χ4n) is 4.28. The molecule has 0 saturated carbocycles. The Morgan fingerprint density at radius 3 is 2.52 bits per heavy atom. The van der Waals surface area contributed by atoms with Gasteiger partial charge < -0.3 is 4.98 Å². The van der Waals surface area contributed by atoms with Gasteiger partial charge in [0.15, 0.2) is 0 Å². The molecule has 0 amide bonds. The van der Waals surface area contributed by atoms with E-state index in [2.05, 4.69) is 51.4 Å². The normalized spacial score (nSPS) is 12.4. The minimum absolute atomic E-state index is 0.0796. The van der Waals surface area contributed by atoms with E-state index in [1.54, 1.807) is 0 Å². The highest BCUT2D eigenvalue weighted by Crippen LogP contribution is 2.30. The number of nitrogens with zero attached hydrogens (tertiary/aromatic N) is 5. The number of H-pyrrole nitrogens is 2. The average molecular weight is 446 g/mol. The molecule has 4 rings (SSSR count). The second-order valence-corrected chi connectivity index (χ2v) is 8.88. The van der Waals surface area contributed by atoms with E-state index < -0.39 is 0 Å². The summed E-state index contributed by atoms with van der Waals surface area (Å²) in [5.74, 6) is 1.56. The van der Waals surface area contributed by atoms with Crippen molar-refractivity contribution in [3.8, 4) is 22.5 Å². The molecule has 0 fully saturated rings. The van der Waals surface area contributed by atoms with Gasteiger partial charge in [0, 0.05) is 35.1 Å². The molecule has 1 atom stereocenters. The molecule has 0 bridgehead atoms. The Kier molecular flexibility index (Phi) is 7.12. The summed E-state index contributed by atoms with van der Waals surface area (Å²) in [6, 6.07) is 11.9. The number of benzene rings is 1. The van der Waals surface area contributed by atoms with Crippen LogP contribution in [0.1, 0.15) is 63.8 Å². The lowest BCUT2D eigenvalue weighted by atomic mass is 9.91. The topological polar surface area (TPSA) is 105 Å². The van der Waals surface area contributed by atoms with Crippen molar-refractivity contribution in [1.82, 2.24) is 35.2 Å². The molecule has 1 unspecified atom stereocenters. The van der Waals surface area contributed by atoms with Gasteiger partial charge in [0.05, 0.1) is 12.2 Å². The molecule has 0 aliphatic carbocycles. The summed E-state index contributed by atoms with van der Waals surface area (Å²) in [6.45, 7) is 7.14. The van der Waals surface area contributed by atoms with E-state index in [9.17, 15) is 4.79 Å². The molecule has 3 aromatic heterocycles. The summed E-state index contributed by atoms with van der Waals surface area (Å²) in [4.78, 5) is 20.2. The zero-order chi connectivity index (χ0) is 23.2. The van der Waals surface area contributed by atoms with Crippen LogP contribution in [-0.4, -0.2) is 35.2 Å². The van der Waals surface area contributed by atoms with Crippen molar-refractivity contribution in [2.45, 2.75) is 58.9 Å². The van der Waals surface area contributed by atoms with Gasteiger partial charge in [0.2, 0.25) is 5.82 Å². The van der Waals surface area contributed by atoms with E-state index in [-0.39, 0.29) is 5.69 Å². The molecule has 8 nitrogen and oxygen atoms in total. The highest BCUT2D eigenvalue weighted by molar-refractivity contribution is 5.79. The van der Waals surface area contributed by atoms with Gasteiger partial charge in [0.1, 0.15) is 0 Å². The van der Waals surface area contributed by atoms with Gasteiger partial charge in [0.25, 0.3) is 0 Å². The van der Waals surface area contributed by atoms with Crippen LogP contribution >= 0.6 is 0 Å². The van der Waals surface area contributed by atoms with Crippen molar-refractivity contribution in [1.29, 1.82) is 0 Å². The monoisotopic (exact) mass is 445 g/mol. The number of hydrogen-bond donors (Lipinski definition) is 2. The molecule has 172 valence electrons. The van der Waals surface area contributed by atoms with E-state index in [4.69, 9.17) is 0 Å². The third-order valence-electron chi connectivity index (χ3n) is 6.02. The van der Waals surface area contributed by atoms with Gasteiger partial charge in [-0.15, -0.1) is 10.2 Å². The fraction of sp³-hybridized carbons (Fsp3) is 0.400. The zero-order valence-corrected chi connectivity index (χ0v) is 19.5. The van der Waals surface area contributed by atoms with Crippen LogP contribution in [0.25, 0.3) is 22.5 Å². The third kappa shape index (κ3) is 5.27. The Labute approximate surface area is 193 Å². The van der Waals surface area contributed by atoms with Gasteiger partial charge in [-0.25, -0.2) is 4.79 Å². The molecule has 0 aliphatic rings. The fourth-order valence-corrected chi connectivity index (χ4v) is 4.28. The van der Waals surface area contributed by atoms with Crippen LogP contribution in [0.4, 0.5) is 0 Å². The first-order valence-corrected chi connectivity index (χ1v) is 11.6. The van der Waals surface area contributed by atoms with Crippen LogP contribution in [0.2, 0.25) is 0 Å². The first-order chi connectivity index (χ1) is 16.1. The number of nitrogens with one attached hydrogen (secondary N) is 2. The van der Waals surface area contributed by atoms with E-state index in [0.717, 1.165) is 53.8 Å². The molecular formula is C25H31N7O. The van der Waals surface area contributed by atoms with Gasteiger partial charge in [-0.05, 0) is 35.6 Å². The second kappa shape index (κ2) is 10.4. The summed E-state index contributed by atoms with van der Waals surface area (Å²) in [7, 11) is 0. The lowest BCUT2D eigenvalue weighted by Crippen LogP contribution is -2.21. The van der Waals surface area contributed by atoms with Crippen molar-refractivity contribution in [2.24, 2.45) is 5.92 Å². The maximum absolute atomic E-state index is 12.6. The van der Waals surface area contributed by atoms with Crippen LogP contribution < -0.4 is 5.69 Å². The molecule has 0 radical (unpaired) electrons. The number of imidazole rings is 1. The van der Waals surface area contributed by atoms with Gasteiger partial charge in [-0.2, -0.15) is 5.21 Å². The maximum Gasteiger partial charge on any atom is 0.326 e. The van der Waals surface area contributed by atoms with E-state index in [1.807, 2.05) is 53.4 Å². The van der Waals surface area contributed by atoms with Crippen LogP contribution in [0.15, 0.2) is 53.6 Å². The summed E-state index contributed by atoms with van der Waals surface area (Å²) in [5, 5.41) is 14.4. The minimum Gasteiger partial charge on any atom is -0.312 e. The van der Waals surface area contributed by atoms with Gasteiger partial charge >= 0.3 is 5.69 Å². The van der Waals surface area contributed by atoms with Crippen LogP contribution in [0.5, 0.6) is 0 Å². The van der Waals surface area contributed by atoms with Crippen LogP contribution in [0, 0.1) is 5.92 Å². The smallest absolute Gasteiger partial charge is 0.312 e. The van der Waals surface area contributed by atoms with E-state index in [1.165, 1.54) is 0 Å². The number of hydrogen-bond acceptors (Lipinski definition) is 5. The predicted molar refractivity (Wildman–Crippen MR) is 129 cm³/mol. The molecule has 3 heterocycles. The Balaban J connectivity index is 1.58. The highest BCUT2D eigenvalue weighted by Gasteiger charge is 2.18. The molecule has 8 heteroatoms. The van der Waals surface area contributed by atoms with Crippen molar-refractivity contribution in [2.75, 3.05) is 0 Å². The molecule has 0 spiro atoms. The van der Waals surface area contributed by atoms with Gasteiger partial charge in [-0.1, -0.05) is 63.9 Å². The standard InChI is InChI=1S/C25H31N7O/c1-4-7-18(11-10-17(2)3)23-15-27-25(33)32(23)16-20-13-12-19(14-26-20)21-8-5-6-9-22(21)24-28-30-31-29-24/h5-6,8-9,12-15,17-18H,4,7,10-11,16H2,1-3H3,(H,27,33)(H,28,29,30,31). The third-order valence-corrected chi connectivity index (χ3v) is 6.02. The first kappa shape index (κ1) is 22.6. The van der Waals surface area contributed by atoms with E-state index in [0.29, 0.717) is 24.2 Å². The largest absolute Gasteiger partial charge is 0.326 e.